The fraction of sp³-hybridized carbons (Fsp3) is 0.900. The van der Waals surface area contributed by atoms with Gasteiger partial charge in [-0.2, -0.15) is 0 Å². The second kappa shape index (κ2) is 4.75. The Morgan fingerprint density at radius 3 is 2.93 bits per heavy atom. The van der Waals surface area contributed by atoms with E-state index in [0.29, 0.717) is 12.7 Å². The Kier molecular flexibility index (Phi) is 3.37. The lowest BCUT2D eigenvalue weighted by Gasteiger charge is -2.33. The van der Waals surface area contributed by atoms with E-state index in [-0.39, 0.29) is 5.91 Å². The van der Waals surface area contributed by atoms with E-state index in [0.717, 1.165) is 26.1 Å². The lowest BCUT2D eigenvalue weighted by atomic mass is 10.1. The van der Waals surface area contributed by atoms with Crippen molar-refractivity contribution in [3.8, 4) is 0 Å². The van der Waals surface area contributed by atoms with Gasteiger partial charge < -0.3 is 10.6 Å². The van der Waals surface area contributed by atoms with Crippen LogP contribution in [-0.2, 0) is 4.79 Å². The predicted molar refractivity (Wildman–Crippen MR) is 54.8 cm³/mol. The van der Waals surface area contributed by atoms with E-state index in [1.165, 1.54) is 19.3 Å². The quantitative estimate of drug-likeness (QED) is 0.617. The number of carbonyl (C=O) groups excluding carboxylic acids is 1. The first-order valence-corrected chi connectivity index (χ1v) is 5.60. The Balaban J connectivity index is 1.90. The third kappa shape index (κ3) is 2.45. The molecule has 2 rings (SSSR count). The van der Waals surface area contributed by atoms with Crippen molar-refractivity contribution in [2.75, 3.05) is 26.2 Å². The molecule has 2 aliphatic rings. The molecule has 1 amide bonds. The highest BCUT2D eigenvalue weighted by Gasteiger charge is 2.23. The maximum atomic E-state index is 11.4. The molecular formula is C10H19N3O. The van der Waals surface area contributed by atoms with Crippen molar-refractivity contribution in [3.63, 3.8) is 0 Å². The van der Waals surface area contributed by atoms with Crippen molar-refractivity contribution in [2.45, 2.75) is 31.8 Å². The van der Waals surface area contributed by atoms with Crippen LogP contribution in [0.3, 0.4) is 0 Å². The average Bonchev–Trinajstić information content (AvgIpc) is 2.44. The summed E-state index contributed by atoms with van der Waals surface area (Å²) in [5.74, 6) is 0.176. The smallest absolute Gasteiger partial charge is 0.234 e. The van der Waals surface area contributed by atoms with Gasteiger partial charge in [-0.1, -0.05) is 0 Å². The number of carbonyl (C=O) groups is 1. The molecule has 14 heavy (non-hydrogen) atoms. The lowest BCUT2D eigenvalue weighted by Crippen LogP contribution is -2.50. The van der Waals surface area contributed by atoms with Crippen molar-refractivity contribution >= 4 is 5.91 Å². The molecule has 0 aliphatic carbocycles. The van der Waals surface area contributed by atoms with Crippen molar-refractivity contribution in [1.29, 1.82) is 0 Å². The molecule has 2 fully saturated rings. The Morgan fingerprint density at radius 1 is 1.21 bits per heavy atom. The van der Waals surface area contributed by atoms with Crippen molar-refractivity contribution in [2.24, 2.45) is 0 Å². The topological polar surface area (TPSA) is 44.4 Å². The van der Waals surface area contributed by atoms with Crippen molar-refractivity contribution in [3.05, 3.63) is 0 Å². The summed E-state index contributed by atoms with van der Waals surface area (Å²) in [6.45, 7) is 3.54. The summed E-state index contributed by atoms with van der Waals surface area (Å²) in [5, 5.41) is 6.39. The Bertz CT molecular complexity index is 202. The van der Waals surface area contributed by atoms with Crippen LogP contribution in [0.15, 0.2) is 0 Å². The predicted octanol–water partition coefficient (Wildman–Crippen LogP) is -0.0921. The molecule has 0 radical (unpaired) electrons. The van der Waals surface area contributed by atoms with E-state index in [1.54, 1.807) is 0 Å². The number of rotatable bonds is 1. The molecule has 0 aromatic heterocycles. The number of amides is 1. The third-order valence-corrected chi connectivity index (χ3v) is 3.02. The molecule has 0 bridgehead atoms. The second-order valence-electron chi connectivity index (χ2n) is 4.14. The largest absolute Gasteiger partial charge is 0.355 e. The fourth-order valence-corrected chi connectivity index (χ4v) is 2.24. The third-order valence-electron chi connectivity index (χ3n) is 3.02. The summed E-state index contributed by atoms with van der Waals surface area (Å²) in [7, 11) is 0. The van der Waals surface area contributed by atoms with Gasteiger partial charge in [-0.15, -0.1) is 0 Å². The van der Waals surface area contributed by atoms with Crippen LogP contribution >= 0.6 is 0 Å². The monoisotopic (exact) mass is 197 g/mol. The minimum atomic E-state index is 0.176. The zero-order valence-electron chi connectivity index (χ0n) is 8.59. The standard InChI is InChI=1S/C10H19N3O/c14-10-8-13(7-3-6-12-10)9-4-1-2-5-11-9/h9,11H,1-8H2,(H,12,14). The minimum Gasteiger partial charge on any atom is -0.355 e. The van der Waals surface area contributed by atoms with Gasteiger partial charge in [-0.25, -0.2) is 0 Å². The Labute approximate surface area is 85.0 Å². The van der Waals surface area contributed by atoms with Gasteiger partial charge >= 0.3 is 0 Å². The van der Waals surface area contributed by atoms with Gasteiger partial charge in [0.05, 0.1) is 12.7 Å². The first-order chi connectivity index (χ1) is 6.86. The van der Waals surface area contributed by atoms with Crippen LogP contribution in [0.4, 0.5) is 0 Å². The number of nitrogens with one attached hydrogen (secondary N) is 2. The molecule has 0 saturated carbocycles. The van der Waals surface area contributed by atoms with Crippen molar-refractivity contribution < 1.29 is 4.79 Å². The summed E-state index contributed by atoms with van der Waals surface area (Å²) in [6.07, 6.45) is 5.26. The molecule has 1 atom stereocenters. The Morgan fingerprint density at radius 2 is 2.14 bits per heavy atom. The van der Waals surface area contributed by atoms with Gasteiger partial charge in [0.15, 0.2) is 0 Å². The van der Waals surface area contributed by atoms with Gasteiger partial charge in [0.2, 0.25) is 5.91 Å². The zero-order chi connectivity index (χ0) is 9.80. The van der Waals surface area contributed by atoms with E-state index >= 15 is 0 Å². The van der Waals surface area contributed by atoms with Gasteiger partial charge in [0.1, 0.15) is 0 Å². The van der Waals surface area contributed by atoms with E-state index < -0.39 is 0 Å². The van der Waals surface area contributed by atoms with Gasteiger partial charge in [0, 0.05) is 13.1 Å². The van der Waals surface area contributed by atoms with Gasteiger partial charge in [-0.05, 0) is 32.2 Å². The molecule has 4 nitrogen and oxygen atoms in total. The van der Waals surface area contributed by atoms with E-state index in [1.807, 2.05) is 0 Å². The summed E-state index contributed by atoms with van der Waals surface area (Å²) in [6, 6.07) is 0. The van der Waals surface area contributed by atoms with Crippen LogP contribution in [0.1, 0.15) is 25.7 Å². The first-order valence-electron chi connectivity index (χ1n) is 5.60. The molecule has 2 heterocycles. The average molecular weight is 197 g/mol. The molecule has 1 unspecified atom stereocenters. The molecule has 2 saturated heterocycles. The summed E-state index contributed by atoms with van der Waals surface area (Å²) in [4.78, 5) is 13.6. The van der Waals surface area contributed by atoms with Crippen LogP contribution in [0.25, 0.3) is 0 Å². The highest BCUT2D eigenvalue weighted by molar-refractivity contribution is 5.78. The highest BCUT2D eigenvalue weighted by Crippen LogP contribution is 2.12. The fourth-order valence-electron chi connectivity index (χ4n) is 2.24. The molecule has 2 N–H and O–H groups in total. The van der Waals surface area contributed by atoms with Crippen LogP contribution in [0.5, 0.6) is 0 Å². The minimum absolute atomic E-state index is 0.176. The summed E-state index contributed by atoms with van der Waals surface area (Å²) >= 11 is 0. The maximum Gasteiger partial charge on any atom is 0.234 e. The molecule has 0 aromatic carbocycles. The molecule has 0 spiro atoms. The molecule has 2 aliphatic heterocycles. The van der Waals surface area contributed by atoms with Gasteiger partial charge in [-0.3, -0.25) is 9.69 Å². The molecular weight excluding hydrogens is 178 g/mol. The van der Waals surface area contributed by atoms with E-state index in [2.05, 4.69) is 15.5 Å². The van der Waals surface area contributed by atoms with Gasteiger partial charge in [0.25, 0.3) is 0 Å². The number of hydrogen-bond donors (Lipinski definition) is 2. The van der Waals surface area contributed by atoms with Crippen LogP contribution in [-0.4, -0.2) is 43.2 Å². The molecule has 4 heteroatoms. The summed E-state index contributed by atoms with van der Waals surface area (Å²) < 4.78 is 0. The maximum absolute atomic E-state index is 11.4. The van der Waals surface area contributed by atoms with E-state index in [9.17, 15) is 4.79 Å². The number of piperidine rings is 1. The van der Waals surface area contributed by atoms with E-state index in [4.69, 9.17) is 0 Å². The number of nitrogens with zero attached hydrogens (tertiary/aromatic N) is 1. The second-order valence-corrected chi connectivity index (χ2v) is 4.14. The SMILES string of the molecule is O=C1CN(C2CCCCN2)CCCN1. The zero-order valence-corrected chi connectivity index (χ0v) is 8.59. The van der Waals surface area contributed by atoms with Crippen LogP contribution < -0.4 is 10.6 Å². The van der Waals surface area contributed by atoms with Crippen molar-refractivity contribution in [1.82, 2.24) is 15.5 Å². The normalized spacial score (nSPS) is 30.9. The lowest BCUT2D eigenvalue weighted by molar-refractivity contribution is -0.122. The highest BCUT2D eigenvalue weighted by atomic mass is 16.2. The summed E-state index contributed by atoms with van der Waals surface area (Å²) in [5.41, 5.74) is 0. The molecule has 80 valence electrons. The molecule has 0 aromatic rings. The van der Waals surface area contributed by atoms with Crippen LogP contribution in [0.2, 0.25) is 0 Å². The van der Waals surface area contributed by atoms with Crippen LogP contribution in [0, 0.1) is 0 Å². The Hall–Kier alpha value is -0.610. The first kappa shape index (κ1) is 9.93. The number of hydrogen-bond acceptors (Lipinski definition) is 3.